The molecule has 32 heavy (non-hydrogen) atoms. The van der Waals surface area contributed by atoms with Crippen LogP contribution in [0.2, 0.25) is 0 Å². The van der Waals surface area contributed by atoms with Crippen LogP contribution in [0.1, 0.15) is 24.5 Å². The van der Waals surface area contributed by atoms with Crippen LogP contribution >= 0.6 is 0 Å². The number of ether oxygens (including phenoxy) is 1. The number of aryl methyl sites for hydroxylation is 2. The molecule has 1 amide bonds. The molecule has 1 unspecified atom stereocenters. The summed E-state index contributed by atoms with van der Waals surface area (Å²) in [5, 5.41) is 3.06. The van der Waals surface area contributed by atoms with E-state index in [4.69, 9.17) is 4.74 Å². The molecule has 1 atom stereocenters. The second kappa shape index (κ2) is 10.9. The Balaban J connectivity index is 1.41. The largest absolute Gasteiger partial charge is 0.497 e. The Labute approximate surface area is 191 Å². The Morgan fingerprint density at radius 2 is 1.66 bits per heavy atom. The number of carbonyl (C=O) groups excluding carboxylic acids is 1. The molecule has 174 valence electrons. The van der Waals surface area contributed by atoms with Gasteiger partial charge in [0.05, 0.1) is 18.6 Å². The van der Waals surface area contributed by atoms with Crippen LogP contribution in [0.15, 0.2) is 53.4 Å². The number of nitrogens with zero attached hydrogens (tertiary/aromatic N) is 2. The van der Waals surface area contributed by atoms with Crippen LogP contribution in [0.3, 0.4) is 0 Å². The molecule has 0 spiro atoms. The zero-order valence-electron chi connectivity index (χ0n) is 19.1. The molecule has 0 bridgehead atoms. The summed E-state index contributed by atoms with van der Waals surface area (Å²) in [6.07, 6.45) is 1.72. The normalized spacial score (nSPS) is 16.5. The minimum absolute atomic E-state index is 0.0259. The first-order chi connectivity index (χ1) is 15.3. The Kier molecular flexibility index (Phi) is 8.28. The van der Waals surface area contributed by atoms with E-state index < -0.39 is 10.0 Å². The van der Waals surface area contributed by atoms with E-state index in [1.165, 1.54) is 9.87 Å². The predicted molar refractivity (Wildman–Crippen MR) is 125 cm³/mol. The number of piperazine rings is 1. The van der Waals surface area contributed by atoms with Gasteiger partial charge in [-0.25, -0.2) is 8.42 Å². The number of amides is 1. The van der Waals surface area contributed by atoms with E-state index in [-0.39, 0.29) is 18.5 Å². The van der Waals surface area contributed by atoms with Gasteiger partial charge in [-0.1, -0.05) is 29.8 Å². The standard InChI is InChI=1S/C24H33N3O4S/c1-19-4-12-23(13-5-19)32(29,30)27-16-14-26(15-17-27)18-24(28)25-20(2)6-7-21-8-10-22(31-3)11-9-21/h4-5,8-13,20H,6-7,14-18H2,1-3H3,(H,25,28). The maximum absolute atomic E-state index is 12.8. The van der Waals surface area contributed by atoms with Gasteiger partial charge in [0, 0.05) is 32.2 Å². The summed E-state index contributed by atoms with van der Waals surface area (Å²) in [6.45, 7) is 6.07. The predicted octanol–water partition coefficient (Wildman–Crippen LogP) is 2.45. The van der Waals surface area contributed by atoms with Crippen LogP contribution in [0.4, 0.5) is 0 Å². The van der Waals surface area contributed by atoms with Gasteiger partial charge in [-0.05, 0) is 56.5 Å². The molecular weight excluding hydrogens is 426 g/mol. The van der Waals surface area contributed by atoms with Crippen molar-refractivity contribution >= 4 is 15.9 Å². The molecule has 2 aromatic rings. The first-order valence-corrected chi connectivity index (χ1v) is 12.4. The van der Waals surface area contributed by atoms with Crippen LogP contribution in [0, 0.1) is 6.92 Å². The third kappa shape index (κ3) is 6.54. The van der Waals surface area contributed by atoms with Gasteiger partial charge >= 0.3 is 0 Å². The lowest BCUT2D eigenvalue weighted by Crippen LogP contribution is -2.51. The van der Waals surface area contributed by atoms with E-state index in [0.717, 1.165) is 24.2 Å². The monoisotopic (exact) mass is 459 g/mol. The van der Waals surface area contributed by atoms with Gasteiger partial charge in [0.1, 0.15) is 5.75 Å². The van der Waals surface area contributed by atoms with Crippen molar-refractivity contribution in [3.8, 4) is 5.75 Å². The van der Waals surface area contributed by atoms with Gasteiger partial charge in [-0.2, -0.15) is 4.31 Å². The highest BCUT2D eigenvalue weighted by molar-refractivity contribution is 7.89. The highest BCUT2D eigenvalue weighted by Crippen LogP contribution is 2.18. The minimum Gasteiger partial charge on any atom is -0.497 e. The maximum Gasteiger partial charge on any atom is 0.243 e. The molecule has 1 heterocycles. The van der Waals surface area contributed by atoms with Crippen LogP contribution in [-0.4, -0.2) is 69.4 Å². The number of hydrogen-bond donors (Lipinski definition) is 1. The third-order valence-corrected chi connectivity index (χ3v) is 7.70. The van der Waals surface area contributed by atoms with Crippen molar-refractivity contribution in [1.82, 2.24) is 14.5 Å². The molecular formula is C24H33N3O4S. The fourth-order valence-corrected chi connectivity index (χ4v) is 5.18. The van der Waals surface area contributed by atoms with Crippen molar-refractivity contribution in [3.63, 3.8) is 0 Å². The van der Waals surface area contributed by atoms with Crippen LogP contribution in [0.5, 0.6) is 5.75 Å². The molecule has 2 aromatic carbocycles. The lowest BCUT2D eigenvalue weighted by atomic mass is 10.1. The quantitative estimate of drug-likeness (QED) is 0.623. The molecule has 0 aromatic heterocycles. The average Bonchev–Trinajstić information content (AvgIpc) is 2.78. The highest BCUT2D eigenvalue weighted by atomic mass is 32.2. The fourth-order valence-electron chi connectivity index (χ4n) is 3.76. The highest BCUT2D eigenvalue weighted by Gasteiger charge is 2.29. The van der Waals surface area contributed by atoms with E-state index in [0.29, 0.717) is 31.1 Å². The molecule has 7 nitrogen and oxygen atoms in total. The summed E-state index contributed by atoms with van der Waals surface area (Å²) in [5.41, 5.74) is 2.23. The van der Waals surface area contributed by atoms with Gasteiger partial charge in [0.25, 0.3) is 0 Å². The van der Waals surface area contributed by atoms with E-state index in [1.54, 1.807) is 19.2 Å². The summed E-state index contributed by atoms with van der Waals surface area (Å²) < 4.78 is 32.3. The number of benzene rings is 2. The van der Waals surface area contributed by atoms with Crippen molar-refractivity contribution in [2.24, 2.45) is 0 Å². The number of carbonyl (C=O) groups is 1. The lowest BCUT2D eigenvalue weighted by molar-refractivity contribution is -0.123. The molecule has 1 N–H and O–H groups in total. The fraction of sp³-hybridized carbons (Fsp3) is 0.458. The Morgan fingerprint density at radius 3 is 2.25 bits per heavy atom. The van der Waals surface area contributed by atoms with E-state index in [1.807, 2.05) is 55.1 Å². The molecule has 0 aliphatic carbocycles. The summed E-state index contributed by atoms with van der Waals surface area (Å²) in [7, 11) is -1.84. The molecule has 1 aliphatic rings. The molecule has 3 rings (SSSR count). The first kappa shape index (κ1) is 24.2. The summed E-state index contributed by atoms with van der Waals surface area (Å²) in [5.74, 6) is 0.809. The zero-order valence-corrected chi connectivity index (χ0v) is 19.9. The molecule has 1 fully saturated rings. The van der Waals surface area contributed by atoms with Crippen molar-refractivity contribution in [2.45, 2.75) is 37.6 Å². The molecule has 0 saturated carbocycles. The second-order valence-corrected chi connectivity index (χ2v) is 10.3. The van der Waals surface area contributed by atoms with Gasteiger partial charge < -0.3 is 10.1 Å². The van der Waals surface area contributed by atoms with Crippen molar-refractivity contribution < 1.29 is 17.9 Å². The van der Waals surface area contributed by atoms with Crippen molar-refractivity contribution in [3.05, 3.63) is 59.7 Å². The minimum atomic E-state index is -3.49. The lowest BCUT2D eigenvalue weighted by Gasteiger charge is -2.33. The molecule has 8 heteroatoms. The average molecular weight is 460 g/mol. The van der Waals surface area contributed by atoms with Crippen LogP contribution in [0.25, 0.3) is 0 Å². The third-order valence-electron chi connectivity index (χ3n) is 5.79. The van der Waals surface area contributed by atoms with Crippen LogP contribution in [-0.2, 0) is 21.2 Å². The van der Waals surface area contributed by atoms with E-state index >= 15 is 0 Å². The van der Waals surface area contributed by atoms with Gasteiger partial charge in [0.2, 0.25) is 15.9 Å². The van der Waals surface area contributed by atoms with Gasteiger partial charge in [-0.15, -0.1) is 0 Å². The summed E-state index contributed by atoms with van der Waals surface area (Å²) >= 11 is 0. The summed E-state index contributed by atoms with van der Waals surface area (Å²) in [6, 6.07) is 14.9. The van der Waals surface area contributed by atoms with Crippen LogP contribution < -0.4 is 10.1 Å². The van der Waals surface area contributed by atoms with E-state index in [9.17, 15) is 13.2 Å². The second-order valence-electron chi connectivity index (χ2n) is 8.35. The van der Waals surface area contributed by atoms with E-state index in [2.05, 4.69) is 5.32 Å². The van der Waals surface area contributed by atoms with Crippen molar-refractivity contribution in [2.75, 3.05) is 39.8 Å². The first-order valence-electron chi connectivity index (χ1n) is 11.0. The molecule has 1 saturated heterocycles. The Hall–Kier alpha value is -2.42. The van der Waals surface area contributed by atoms with Gasteiger partial charge in [0.15, 0.2) is 0 Å². The van der Waals surface area contributed by atoms with Crippen molar-refractivity contribution in [1.29, 1.82) is 0 Å². The number of hydrogen-bond acceptors (Lipinski definition) is 5. The Morgan fingerprint density at radius 1 is 1.03 bits per heavy atom. The van der Waals surface area contributed by atoms with Gasteiger partial charge in [-0.3, -0.25) is 9.69 Å². The molecule has 0 radical (unpaired) electrons. The number of sulfonamides is 1. The number of nitrogens with one attached hydrogen (secondary N) is 1. The summed E-state index contributed by atoms with van der Waals surface area (Å²) in [4.78, 5) is 14.8. The smallest absolute Gasteiger partial charge is 0.243 e. The zero-order chi connectivity index (χ0) is 23.1. The Bertz CT molecular complexity index is 983. The molecule has 1 aliphatic heterocycles. The number of methoxy groups -OCH3 is 1. The SMILES string of the molecule is COc1ccc(CCC(C)NC(=O)CN2CCN(S(=O)(=O)c3ccc(C)cc3)CC2)cc1. The maximum atomic E-state index is 12.8. The number of rotatable bonds is 9. The topological polar surface area (TPSA) is 79.0 Å².